The van der Waals surface area contributed by atoms with E-state index in [2.05, 4.69) is 26.2 Å². The Labute approximate surface area is 149 Å². The summed E-state index contributed by atoms with van der Waals surface area (Å²) in [5, 5.41) is 11.6. The topological polar surface area (TPSA) is 103 Å². The van der Waals surface area contributed by atoms with Gasteiger partial charge in [-0.05, 0) is 40.5 Å². The molecule has 0 aliphatic carbocycles. The molecule has 2 saturated heterocycles. The van der Waals surface area contributed by atoms with Gasteiger partial charge in [0.15, 0.2) is 0 Å². The first-order valence-corrected chi connectivity index (χ1v) is 9.16. The molecule has 8 nitrogen and oxygen atoms in total. The second-order valence-electron chi connectivity index (χ2n) is 7.58. The SMILES string of the molecule is CC(C)NC(=O)CC[C@@H]1CNC(=O)[C@@H]2C[C@H](NC(=O)NC(C)C)CN12. The zero-order valence-corrected chi connectivity index (χ0v) is 15.6. The van der Waals surface area contributed by atoms with Crippen molar-refractivity contribution in [2.75, 3.05) is 13.1 Å². The summed E-state index contributed by atoms with van der Waals surface area (Å²) >= 11 is 0. The predicted molar refractivity (Wildman–Crippen MR) is 95.0 cm³/mol. The molecule has 4 amide bonds. The summed E-state index contributed by atoms with van der Waals surface area (Å²) in [7, 11) is 0. The van der Waals surface area contributed by atoms with Crippen LogP contribution in [0.3, 0.4) is 0 Å². The van der Waals surface area contributed by atoms with Crippen LogP contribution in [0.4, 0.5) is 4.79 Å². The highest BCUT2D eigenvalue weighted by atomic mass is 16.2. The smallest absolute Gasteiger partial charge is 0.315 e. The average Bonchev–Trinajstić information content (AvgIpc) is 2.89. The number of nitrogens with zero attached hydrogens (tertiary/aromatic N) is 1. The van der Waals surface area contributed by atoms with E-state index < -0.39 is 0 Å². The molecule has 0 radical (unpaired) electrons. The van der Waals surface area contributed by atoms with Gasteiger partial charge in [0.05, 0.1) is 6.04 Å². The second-order valence-corrected chi connectivity index (χ2v) is 7.58. The molecule has 0 aromatic rings. The lowest BCUT2D eigenvalue weighted by Crippen LogP contribution is -2.58. The van der Waals surface area contributed by atoms with E-state index in [1.807, 2.05) is 27.7 Å². The van der Waals surface area contributed by atoms with Crippen LogP contribution in [0.1, 0.15) is 47.0 Å². The van der Waals surface area contributed by atoms with Crippen molar-refractivity contribution in [2.45, 2.75) is 77.2 Å². The largest absolute Gasteiger partial charge is 0.354 e. The van der Waals surface area contributed by atoms with Crippen LogP contribution in [-0.2, 0) is 9.59 Å². The van der Waals surface area contributed by atoms with Crippen LogP contribution in [0.2, 0.25) is 0 Å². The lowest BCUT2D eigenvalue weighted by Gasteiger charge is -2.37. The summed E-state index contributed by atoms with van der Waals surface area (Å²) in [5.74, 6) is 0.0464. The Kier molecular flexibility index (Phi) is 6.64. The Morgan fingerprint density at radius 3 is 2.52 bits per heavy atom. The van der Waals surface area contributed by atoms with E-state index in [9.17, 15) is 14.4 Å². The molecule has 0 bridgehead atoms. The van der Waals surface area contributed by atoms with E-state index in [0.717, 1.165) is 0 Å². The van der Waals surface area contributed by atoms with Crippen LogP contribution in [-0.4, -0.2) is 66.0 Å². The van der Waals surface area contributed by atoms with Crippen LogP contribution >= 0.6 is 0 Å². The molecule has 3 atom stereocenters. The van der Waals surface area contributed by atoms with Crippen molar-refractivity contribution < 1.29 is 14.4 Å². The molecule has 0 unspecified atom stereocenters. The van der Waals surface area contributed by atoms with Gasteiger partial charge in [0.25, 0.3) is 0 Å². The second kappa shape index (κ2) is 8.51. The third-order valence-corrected chi connectivity index (χ3v) is 4.53. The van der Waals surface area contributed by atoms with Crippen LogP contribution in [0.15, 0.2) is 0 Å². The number of fused-ring (bicyclic) bond motifs is 1. The first kappa shape index (κ1) is 19.5. The summed E-state index contributed by atoms with van der Waals surface area (Å²) in [6, 6.07) is -0.157. The Morgan fingerprint density at radius 1 is 1.20 bits per heavy atom. The minimum Gasteiger partial charge on any atom is -0.354 e. The number of amides is 4. The molecule has 25 heavy (non-hydrogen) atoms. The molecule has 4 N–H and O–H groups in total. The van der Waals surface area contributed by atoms with E-state index in [0.29, 0.717) is 32.4 Å². The summed E-state index contributed by atoms with van der Waals surface area (Å²) in [6.07, 6.45) is 1.74. The molecule has 2 fully saturated rings. The molecule has 0 aromatic carbocycles. The van der Waals surface area contributed by atoms with Crippen molar-refractivity contribution in [3.8, 4) is 0 Å². The number of carbonyl (C=O) groups is 3. The van der Waals surface area contributed by atoms with Gasteiger partial charge in [-0.3, -0.25) is 14.5 Å². The summed E-state index contributed by atoms with van der Waals surface area (Å²) in [5.41, 5.74) is 0. The quantitative estimate of drug-likeness (QED) is 0.537. The third-order valence-electron chi connectivity index (χ3n) is 4.53. The maximum absolute atomic E-state index is 12.2. The van der Waals surface area contributed by atoms with Gasteiger partial charge in [0.2, 0.25) is 11.8 Å². The number of nitrogens with one attached hydrogen (secondary N) is 4. The monoisotopic (exact) mass is 353 g/mol. The van der Waals surface area contributed by atoms with Crippen LogP contribution in [0, 0.1) is 0 Å². The van der Waals surface area contributed by atoms with Crippen molar-refractivity contribution in [1.29, 1.82) is 0 Å². The first-order chi connectivity index (χ1) is 11.8. The van der Waals surface area contributed by atoms with E-state index in [-0.39, 0.29) is 48.1 Å². The van der Waals surface area contributed by atoms with Gasteiger partial charge in [0, 0.05) is 43.7 Å². The molecule has 0 saturated carbocycles. The number of piperazine rings is 1. The maximum atomic E-state index is 12.2. The molecule has 0 aromatic heterocycles. The zero-order chi connectivity index (χ0) is 18.6. The minimum atomic E-state index is -0.226. The molecule has 142 valence electrons. The van der Waals surface area contributed by atoms with Gasteiger partial charge < -0.3 is 21.3 Å². The van der Waals surface area contributed by atoms with Crippen molar-refractivity contribution >= 4 is 17.8 Å². The standard InChI is InChI=1S/C17H31N5O3/c1-10(2)19-15(23)6-5-13-8-18-16(24)14-7-12(9-22(13)14)21-17(25)20-11(3)4/h10-14H,5-9H2,1-4H3,(H,18,24)(H,19,23)(H2,20,21,25)/t12-,13+,14-/m0/s1. The molecule has 2 rings (SSSR count). The van der Waals surface area contributed by atoms with Gasteiger partial charge in [-0.1, -0.05) is 0 Å². The Hall–Kier alpha value is -1.83. The zero-order valence-electron chi connectivity index (χ0n) is 15.6. The fourth-order valence-corrected chi connectivity index (χ4v) is 3.53. The number of urea groups is 1. The number of rotatable bonds is 6. The lowest BCUT2D eigenvalue weighted by molar-refractivity contribution is -0.129. The molecule has 2 heterocycles. The summed E-state index contributed by atoms with van der Waals surface area (Å²) in [4.78, 5) is 38.1. The van der Waals surface area contributed by atoms with E-state index in [1.54, 1.807) is 0 Å². The van der Waals surface area contributed by atoms with E-state index >= 15 is 0 Å². The lowest BCUT2D eigenvalue weighted by atomic mass is 10.0. The third kappa shape index (κ3) is 5.59. The van der Waals surface area contributed by atoms with Crippen molar-refractivity contribution in [3.63, 3.8) is 0 Å². The van der Waals surface area contributed by atoms with E-state index in [1.165, 1.54) is 0 Å². The number of hydrogen-bond acceptors (Lipinski definition) is 4. The summed E-state index contributed by atoms with van der Waals surface area (Å²) < 4.78 is 0. The van der Waals surface area contributed by atoms with Gasteiger partial charge in [0.1, 0.15) is 0 Å². The minimum absolute atomic E-state index is 0.0106. The highest BCUT2D eigenvalue weighted by molar-refractivity contribution is 5.83. The van der Waals surface area contributed by atoms with Crippen molar-refractivity contribution in [2.24, 2.45) is 0 Å². The first-order valence-electron chi connectivity index (χ1n) is 9.16. The van der Waals surface area contributed by atoms with Crippen LogP contribution in [0.25, 0.3) is 0 Å². The van der Waals surface area contributed by atoms with E-state index in [4.69, 9.17) is 0 Å². The van der Waals surface area contributed by atoms with Gasteiger partial charge in [-0.15, -0.1) is 0 Å². The molecular formula is C17H31N5O3. The predicted octanol–water partition coefficient (Wildman–Crippen LogP) is -0.0599. The Balaban J connectivity index is 1.89. The Morgan fingerprint density at radius 2 is 1.88 bits per heavy atom. The Bertz CT molecular complexity index is 509. The van der Waals surface area contributed by atoms with Gasteiger partial charge in [-0.25, -0.2) is 4.79 Å². The number of carbonyl (C=O) groups excluding carboxylic acids is 3. The van der Waals surface area contributed by atoms with Crippen molar-refractivity contribution in [1.82, 2.24) is 26.2 Å². The van der Waals surface area contributed by atoms with Crippen molar-refractivity contribution in [3.05, 3.63) is 0 Å². The fourth-order valence-electron chi connectivity index (χ4n) is 3.53. The van der Waals surface area contributed by atoms with Crippen LogP contribution < -0.4 is 21.3 Å². The fraction of sp³-hybridized carbons (Fsp3) is 0.824. The highest BCUT2D eigenvalue weighted by Gasteiger charge is 2.43. The maximum Gasteiger partial charge on any atom is 0.315 e. The van der Waals surface area contributed by atoms with Crippen LogP contribution in [0.5, 0.6) is 0 Å². The molecule has 8 heteroatoms. The normalized spacial score (nSPS) is 26.3. The molecule has 2 aliphatic heterocycles. The molecule has 0 spiro atoms. The number of hydrogen-bond donors (Lipinski definition) is 4. The molecular weight excluding hydrogens is 322 g/mol. The summed E-state index contributed by atoms with van der Waals surface area (Å²) in [6.45, 7) is 8.88. The highest BCUT2D eigenvalue weighted by Crippen LogP contribution is 2.25. The average molecular weight is 353 g/mol. The van der Waals surface area contributed by atoms with Gasteiger partial charge in [-0.2, -0.15) is 0 Å². The molecule has 2 aliphatic rings. The van der Waals surface area contributed by atoms with Gasteiger partial charge >= 0.3 is 6.03 Å².